The van der Waals surface area contributed by atoms with Gasteiger partial charge >= 0.3 is 6.61 Å². The molecule has 1 amide bonds. The highest BCUT2D eigenvalue weighted by atomic mass is 35.5. The average molecular weight is 354 g/mol. The predicted molar refractivity (Wildman–Crippen MR) is 89.6 cm³/mol. The van der Waals surface area contributed by atoms with Gasteiger partial charge in [-0.1, -0.05) is 35.9 Å². The van der Waals surface area contributed by atoms with Gasteiger partial charge in [0.15, 0.2) is 0 Å². The number of nitrogens with one attached hydrogen (secondary N) is 1. The molecule has 0 aliphatic heterocycles. The summed E-state index contributed by atoms with van der Waals surface area (Å²) in [5.74, 6) is 0.0676. The van der Waals surface area contributed by atoms with Crippen molar-refractivity contribution in [2.45, 2.75) is 25.9 Å². The summed E-state index contributed by atoms with van der Waals surface area (Å²) in [5.41, 5.74) is 2.00. The molecule has 2 aromatic carbocycles. The monoisotopic (exact) mass is 353 g/mol. The van der Waals surface area contributed by atoms with E-state index in [-0.39, 0.29) is 11.7 Å². The number of halogens is 3. The van der Waals surface area contributed by atoms with Crippen molar-refractivity contribution >= 4 is 17.5 Å². The summed E-state index contributed by atoms with van der Waals surface area (Å²) in [5, 5.41) is 3.55. The number of benzene rings is 2. The summed E-state index contributed by atoms with van der Waals surface area (Å²) >= 11 is 5.82. The zero-order valence-electron chi connectivity index (χ0n) is 13.0. The maximum Gasteiger partial charge on any atom is 0.387 e. The molecule has 0 heterocycles. The second kappa shape index (κ2) is 9.23. The largest absolute Gasteiger partial charge is 0.435 e. The van der Waals surface area contributed by atoms with E-state index in [0.29, 0.717) is 24.4 Å². The van der Waals surface area contributed by atoms with Crippen LogP contribution in [-0.4, -0.2) is 19.1 Å². The molecule has 0 atom stereocenters. The summed E-state index contributed by atoms with van der Waals surface area (Å²) in [6, 6.07) is 13.8. The van der Waals surface area contributed by atoms with Crippen molar-refractivity contribution in [2.24, 2.45) is 0 Å². The number of carbonyl (C=O) groups excluding carboxylic acids is 1. The van der Waals surface area contributed by atoms with E-state index in [9.17, 15) is 13.6 Å². The summed E-state index contributed by atoms with van der Waals surface area (Å²) in [6.45, 7) is -2.27. The lowest BCUT2D eigenvalue weighted by Crippen LogP contribution is -2.25. The molecule has 0 saturated heterocycles. The lowest BCUT2D eigenvalue weighted by atomic mass is 10.1. The number of hydrogen-bond acceptors (Lipinski definition) is 2. The van der Waals surface area contributed by atoms with Gasteiger partial charge in [-0.3, -0.25) is 4.79 Å². The van der Waals surface area contributed by atoms with Gasteiger partial charge in [0.25, 0.3) is 0 Å². The Hall–Kier alpha value is -2.14. The fourth-order valence-electron chi connectivity index (χ4n) is 2.18. The lowest BCUT2D eigenvalue weighted by molar-refractivity contribution is -0.121. The molecular formula is C18H18ClF2NO2. The van der Waals surface area contributed by atoms with Crippen LogP contribution in [0.5, 0.6) is 5.75 Å². The van der Waals surface area contributed by atoms with Crippen molar-refractivity contribution in [3.8, 4) is 5.75 Å². The van der Waals surface area contributed by atoms with Gasteiger partial charge in [-0.2, -0.15) is 8.78 Å². The van der Waals surface area contributed by atoms with Crippen molar-refractivity contribution in [3.05, 3.63) is 64.7 Å². The van der Waals surface area contributed by atoms with Gasteiger partial charge in [0.05, 0.1) is 0 Å². The molecule has 0 aliphatic rings. The zero-order chi connectivity index (χ0) is 17.4. The minimum Gasteiger partial charge on any atom is -0.435 e. The maximum atomic E-state index is 12.1. The first kappa shape index (κ1) is 18.2. The Labute approximate surface area is 144 Å². The van der Waals surface area contributed by atoms with E-state index in [2.05, 4.69) is 10.1 Å². The first-order chi connectivity index (χ1) is 11.5. The molecule has 0 radical (unpaired) electrons. The normalized spacial score (nSPS) is 10.7. The Kier molecular flexibility index (Phi) is 7.00. The molecule has 0 spiro atoms. The van der Waals surface area contributed by atoms with E-state index < -0.39 is 6.61 Å². The van der Waals surface area contributed by atoms with E-state index >= 15 is 0 Å². The average Bonchev–Trinajstić information content (AvgIpc) is 2.55. The predicted octanol–water partition coefficient (Wildman–Crippen LogP) is 4.23. The Bertz CT molecular complexity index is 645. The fourth-order valence-corrected chi connectivity index (χ4v) is 2.31. The van der Waals surface area contributed by atoms with Gasteiger partial charge in [0.2, 0.25) is 5.91 Å². The van der Waals surface area contributed by atoms with Crippen LogP contribution in [0.1, 0.15) is 17.5 Å². The first-order valence-corrected chi connectivity index (χ1v) is 7.95. The van der Waals surface area contributed by atoms with Crippen LogP contribution in [0.25, 0.3) is 0 Å². The quantitative estimate of drug-likeness (QED) is 0.771. The van der Waals surface area contributed by atoms with Crippen LogP contribution in [-0.2, 0) is 17.6 Å². The smallest absolute Gasteiger partial charge is 0.387 e. The molecule has 2 rings (SSSR count). The number of carbonyl (C=O) groups is 1. The van der Waals surface area contributed by atoms with Crippen molar-refractivity contribution in [3.63, 3.8) is 0 Å². The Morgan fingerprint density at radius 1 is 1.00 bits per heavy atom. The second-order valence-corrected chi connectivity index (χ2v) is 5.69. The van der Waals surface area contributed by atoms with Crippen LogP contribution in [0, 0.1) is 0 Å². The van der Waals surface area contributed by atoms with E-state index in [4.69, 9.17) is 11.6 Å². The number of aryl methyl sites for hydroxylation is 1. The Morgan fingerprint density at radius 3 is 2.21 bits per heavy atom. The number of alkyl halides is 2. The number of hydrogen-bond donors (Lipinski definition) is 1. The molecule has 0 bridgehead atoms. The minimum absolute atomic E-state index is 0.0446. The topological polar surface area (TPSA) is 38.3 Å². The van der Waals surface area contributed by atoms with Crippen LogP contribution in [0.2, 0.25) is 5.02 Å². The van der Waals surface area contributed by atoms with E-state index in [1.54, 1.807) is 12.1 Å². The van der Waals surface area contributed by atoms with Crippen LogP contribution in [0.15, 0.2) is 48.5 Å². The highest BCUT2D eigenvalue weighted by molar-refractivity contribution is 6.30. The van der Waals surface area contributed by atoms with Crippen molar-refractivity contribution in [1.82, 2.24) is 5.32 Å². The van der Waals surface area contributed by atoms with E-state index in [1.165, 1.54) is 12.1 Å². The molecule has 1 N–H and O–H groups in total. The van der Waals surface area contributed by atoms with Gasteiger partial charge in [0.1, 0.15) is 5.75 Å². The van der Waals surface area contributed by atoms with Crippen LogP contribution in [0.3, 0.4) is 0 Å². The van der Waals surface area contributed by atoms with Gasteiger partial charge in [-0.05, 0) is 48.2 Å². The third-order valence-electron chi connectivity index (χ3n) is 3.44. The van der Waals surface area contributed by atoms with Gasteiger partial charge in [-0.25, -0.2) is 0 Å². The minimum atomic E-state index is -2.83. The third-order valence-corrected chi connectivity index (χ3v) is 3.69. The summed E-state index contributed by atoms with van der Waals surface area (Å²) in [7, 11) is 0. The van der Waals surface area contributed by atoms with Crippen LogP contribution < -0.4 is 10.1 Å². The SMILES string of the molecule is O=C(CCc1ccc(OC(F)F)cc1)NCCc1ccc(Cl)cc1. The highest BCUT2D eigenvalue weighted by Crippen LogP contribution is 2.15. The highest BCUT2D eigenvalue weighted by Gasteiger charge is 2.05. The van der Waals surface area contributed by atoms with E-state index in [1.807, 2.05) is 24.3 Å². The molecular weight excluding hydrogens is 336 g/mol. The molecule has 0 aliphatic carbocycles. The molecule has 0 unspecified atom stereocenters. The second-order valence-electron chi connectivity index (χ2n) is 5.25. The standard InChI is InChI=1S/C18H18ClF2NO2/c19-15-6-1-14(2-7-15)11-12-22-17(23)10-5-13-3-8-16(9-4-13)24-18(20)21/h1-4,6-9,18H,5,10-12H2,(H,22,23). The summed E-state index contributed by atoms with van der Waals surface area (Å²) in [6.07, 6.45) is 1.62. The molecule has 24 heavy (non-hydrogen) atoms. The van der Waals surface area contributed by atoms with Crippen LogP contribution >= 0.6 is 11.6 Å². The molecule has 6 heteroatoms. The van der Waals surface area contributed by atoms with Crippen molar-refractivity contribution in [2.75, 3.05) is 6.54 Å². The van der Waals surface area contributed by atoms with Gasteiger partial charge in [-0.15, -0.1) is 0 Å². The molecule has 0 fully saturated rings. The number of ether oxygens (including phenoxy) is 1. The summed E-state index contributed by atoms with van der Waals surface area (Å²) in [4.78, 5) is 11.8. The van der Waals surface area contributed by atoms with Crippen molar-refractivity contribution < 1.29 is 18.3 Å². The summed E-state index contributed by atoms with van der Waals surface area (Å²) < 4.78 is 28.4. The molecule has 2 aromatic rings. The molecule has 128 valence electrons. The Balaban J connectivity index is 1.68. The van der Waals surface area contributed by atoms with Crippen molar-refractivity contribution in [1.29, 1.82) is 0 Å². The fraction of sp³-hybridized carbons (Fsp3) is 0.278. The Morgan fingerprint density at radius 2 is 1.58 bits per heavy atom. The molecule has 0 aromatic heterocycles. The molecule has 3 nitrogen and oxygen atoms in total. The third kappa shape index (κ3) is 6.54. The van der Waals surface area contributed by atoms with Crippen LogP contribution in [0.4, 0.5) is 8.78 Å². The van der Waals surface area contributed by atoms with Gasteiger partial charge < -0.3 is 10.1 Å². The molecule has 0 saturated carbocycles. The number of amides is 1. The lowest BCUT2D eigenvalue weighted by Gasteiger charge is -2.07. The van der Waals surface area contributed by atoms with Gasteiger partial charge in [0, 0.05) is 18.0 Å². The first-order valence-electron chi connectivity index (χ1n) is 7.58. The maximum absolute atomic E-state index is 12.1. The number of rotatable bonds is 8. The van der Waals surface area contributed by atoms with E-state index in [0.717, 1.165) is 17.5 Å². The zero-order valence-corrected chi connectivity index (χ0v) is 13.7.